The highest BCUT2D eigenvalue weighted by atomic mass is 16.5. The number of benzene rings is 1. The zero-order chi connectivity index (χ0) is 21.6. The number of carbonyl (C=O) groups excluding carboxylic acids is 1. The topological polar surface area (TPSA) is 68.2 Å². The summed E-state index contributed by atoms with van der Waals surface area (Å²) in [6, 6.07) is 8.16. The number of amides is 1. The van der Waals surface area contributed by atoms with Crippen molar-refractivity contribution in [1.82, 2.24) is 19.9 Å². The molecule has 0 radical (unpaired) electrons. The highest BCUT2D eigenvalue weighted by Gasteiger charge is 2.43. The molecule has 2 aliphatic rings. The van der Waals surface area contributed by atoms with Crippen molar-refractivity contribution in [2.24, 2.45) is 0 Å². The molecule has 3 aromatic rings. The Bertz CT molecular complexity index is 1170. The lowest BCUT2D eigenvalue weighted by atomic mass is 9.83. The van der Waals surface area contributed by atoms with E-state index in [4.69, 9.17) is 9.72 Å². The number of aromatic nitrogens is 3. The number of piperidine rings is 1. The number of hydrogen-bond donors (Lipinski definition) is 0. The summed E-state index contributed by atoms with van der Waals surface area (Å²) in [5.41, 5.74) is 5.51. The van der Waals surface area contributed by atoms with E-state index >= 15 is 0 Å². The number of aryl methyl sites for hydroxylation is 3. The minimum atomic E-state index is -0.399. The van der Waals surface area contributed by atoms with Crippen LogP contribution < -0.4 is 0 Å². The molecule has 0 atom stereocenters. The standard InChI is InChI=1S/C25H28N4O2/c1-4-18-5-6-22-20(14-18)21(13-16(2)27-22)24(30)29-10-8-25(9-11-29)23-19(7-12-31-25)15-26-17(3)28-23/h5-6,13-15H,4,7-12H2,1-3H3. The van der Waals surface area contributed by atoms with Crippen molar-refractivity contribution in [3.8, 4) is 0 Å². The Morgan fingerprint density at radius 2 is 1.97 bits per heavy atom. The Hall–Kier alpha value is -2.86. The SMILES string of the molecule is CCc1ccc2nc(C)cc(C(=O)N3CCC4(CC3)OCCc3cnc(C)nc34)c2c1. The summed E-state index contributed by atoms with van der Waals surface area (Å²) < 4.78 is 6.30. The van der Waals surface area contributed by atoms with Crippen molar-refractivity contribution in [3.63, 3.8) is 0 Å². The molecule has 0 unspecified atom stereocenters. The van der Waals surface area contributed by atoms with E-state index in [9.17, 15) is 4.79 Å². The van der Waals surface area contributed by atoms with Crippen LogP contribution in [-0.2, 0) is 23.2 Å². The Labute approximate surface area is 182 Å². The molecule has 6 nitrogen and oxygen atoms in total. The van der Waals surface area contributed by atoms with E-state index in [0.29, 0.717) is 19.7 Å². The molecule has 1 fully saturated rings. The maximum absolute atomic E-state index is 13.6. The lowest BCUT2D eigenvalue weighted by molar-refractivity contribution is -0.0968. The third-order valence-corrected chi connectivity index (χ3v) is 6.66. The van der Waals surface area contributed by atoms with Crippen molar-refractivity contribution in [3.05, 3.63) is 64.4 Å². The van der Waals surface area contributed by atoms with Crippen LogP contribution in [0.4, 0.5) is 0 Å². The maximum atomic E-state index is 13.6. The summed E-state index contributed by atoms with van der Waals surface area (Å²) >= 11 is 0. The molecule has 5 rings (SSSR count). The van der Waals surface area contributed by atoms with Gasteiger partial charge in [0.05, 0.1) is 23.4 Å². The number of pyridine rings is 1. The summed E-state index contributed by atoms with van der Waals surface area (Å²) in [6.45, 7) is 7.98. The number of likely N-dealkylation sites (tertiary alicyclic amines) is 1. The number of fused-ring (bicyclic) bond motifs is 3. The van der Waals surface area contributed by atoms with E-state index in [1.165, 1.54) is 11.1 Å². The predicted molar refractivity (Wildman–Crippen MR) is 119 cm³/mol. The number of nitrogens with zero attached hydrogens (tertiary/aromatic N) is 4. The predicted octanol–water partition coefficient (Wildman–Crippen LogP) is 3.91. The van der Waals surface area contributed by atoms with Crippen molar-refractivity contribution >= 4 is 16.8 Å². The number of rotatable bonds is 2. The Kier molecular flexibility index (Phi) is 4.97. The Morgan fingerprint density at radius 3 is 2.74 bits per heavy atom. The molecule has 0 bridgehead atoms. The van der Waals surface area contributed by atoms with Gasteiger partial charge in [0, 0.05) is 30.4 Å². The van der Waals surface area contributed by atoms with Gasteiger partial charge in [0.15, 0.2) is 0 Å². The fraction of sp³-hybridized carbons (Fsp3) is 0.440. The van der Waals surface area contributed by atoms with Crippen LogP contribution in [0.3, 0.4) is 0 Å². The monoisotopic (exact) mass is 416 g/mol. The second kappa shape index (κ2) is 7.68. The van der Waals surface area contributed by atoms with Gasteiger partial charge in [-0.3, -0.25) is 9.78 Å². The molecule has 1 aromatic carbocycles. The van der Waals surface area contributed by atoms with Crippen molar-refractivity contribution in [2.45, 2.75) is 52.1 Å². The molecule has 31 heavy (non-hydrogen) atoms. The van der Waals surface area contributed by atoms with Gasteiger partial charge in [-0.25, -0.2) is 9.97 Å². The van der Waals surface area contributed by atoms with Gasteiger partial charge in [-0.05, 0) is 68.9 Å². The van der Waals surface area contributed by atoms with Crippen LogP contribution in [0.5, 0.6) is 0 Å². The zero-order valence-electron chi connectivity index (χ0n) is 18.4. The highest BCUT2D eigenvalue weighted by molar-refractivity contribution is 6.06. The number of ether oxygens (including phenoxy) is 1. The van der Waals surface area contributed by atoms with Gasteiger partial charge in [0.2, 0.25) is 0 Å². The Balaban J connectivity index is 1.44. The minimum absolute atomic E-state index is 0.0773. The molecule has 1 saturated heterocycles. The van der Waals surface area contributed by atoms with E-state index in [-0.39, 0.29) is 5.91 Å². The van der Waals surface area contributed by atoms with Crippen LogP contribution in [0.15, 0.2) is 30.5 Å². The third kappa shape index (κ3) is 3.49. The molecule has 0 saturated carbocycles. The van der Waals surface area contributed by atoms with Gasteiger partial charge in [-0.15, -0.1) is 0 Å². The number of carbonyl (C=O) groups is 1. The van der Waals surface area contributed by atoms with Crippen molar-refractivity contribution in [1.29, 1.82) is 0 Å². The van der Waals surface area contributed by atoms with Crippen molar-refractivity contribution in [2.75, 3.05) is 19.7 Å². The summed E-state index contributed by atoms with van der Waals surface area (Å²) in [4.78, 5) is 29.3. The van der Waals surface area contributed by atoms with Gasteiger partial charge in [-0.1, -0.05) is 13.0 Å². The summed E-state index contributed by atoms with van der Waals surface area (Å²) in [6.07, 6.45) is 5.23. The van der Waals surface area contributed by atoms with E-state index in [0.717, 1.165) is 59.4 Å². The normalized spacial score (nSPS) is 17.7. The molecule has 2 aliphatic heterocycles. The molecule has 0 aliphatic carbocycles. The van der Waals surface area contributed by atoms with E-state index in [2.05, 4.69) is 29.0 Å². The molecule has 4 heterocycles. The van der Waals surface area contributed by atoms with Crippen molar-refractivity contribution < 1.29 is 9.53 Å². The largest absolute Gasteiger partial charge is 0.368 e. The molecule has 0 N–H and O–H groups in total. The van der Waals surface area contributed by atoms with Gasteiger partial charge < -0.3 is 9.64 Å². The quantitative estimate of drug-likeness (QED) is 0.634. The van der Waals surface area contributed by atoms with Gasteiger partial charge in [0.25, 0.3) is 5.91 Å². The van der Waals surface area contributed by atoms with Crippen LogP contribution in [0, 0.1) is 13.8 Å². The number of hydrogen-bond acceptors (Lipinski definition) is 5. The fourth-order valence-corrected chi connectivity index (χ4v) is 4.92. The maximum Gasteiger partial charge on any atom is 0.254 e. The fourth-order valence-electron chi connectivity index (χ4n) is 4.92. The summed E-state index contributed by atoms with van der Waals surface area (Å²) in [5.74, 6) is 0.848. The minimum Gasteiger partial charge on any atom is -0.368 e. The summed E-state index contributed by atoms with van der Waals surface area (Å²) in [5, 5.41) is 0.942. The van der Waals surface area contributed by atoms with E-state index in [1.54, 1.807) is 0 Å². The highest BCUT2D eigenvalue weighted by Crippen LogP contribution is 2.40. The zero-order valence-corrected chi connectivity index (χ0v) is 18.4. The van der Waals surface area contributed by atoms with E-state index < -0.39 is 5.60 Å². The van der Waals surface area contributed by atoms with Gasteiger partial charge >= 0.3 is 0 Å². The molecule has 1 spiro atoms. The first kappa shape index (κ1) is 20.1. The average Bonchev–Trinajstić information content (AvgIpc) is 2.79. The van der Waals surface area contributed by atoms with Crippen LogP contribution in [0.2, 0.25) is 0 Å². The lowest BCUT2D eigenvalue weighted by Gasteiger charge is -2.44. The van der Waals surface area contributed by atoms with Crippen LogP contribution in [0.25, 0.3) is 10.9 Å². The molecule has 6 heteroatoms. The van der Waals surface area contributed by atoms with Gasteiger partial charge in [-0.2, -0.15) is 0 Å². The molecule has 160 valence electrons. The molecule has 2 aromatic heterocycles. The second-order valence-corrected chi connectivity index (χ2v) is 8.69. The first-order valence-corrected chi connectivity index (χ1v) is 11.2. The van der Waals surface area contributed by atoms with E-state index in [1.807, 2.05) is 37.1 Å². The first-order valence-electron chi connectivity index (χ1n) is 11.2. The van der Waals surface area contributed by atoms with Crippen LogP contribution >= 0.6 is 0 Å². The average molecular weight is 417 g/mol. The molecule has 1 amide bonds. The summed E-state index contributed by atoms with van der Waals surface area (Å²) in [7, 11) is 0. The van der Waals surface area contributed by atoms with Gasteiger partial charge in [0.1, 0.15) is 11.4 Å². The smallest absolute Gasteiger partial charge is 0.254 e. The third-order valence-electron chi connectivity index (χ3n) is 6.66. The second-order valence-electron chi connectivity index (χ2n) is 8.69. The first-order chi connectivity index (χ1) is 15.0. The van der Waals surface area contributed by atoms with Crippen LogP contribution in [-0.4, -0.2) is 45.5 Å². The lowest BCUT2D eigenvalue weighted by Crippen LogP contribution is -2.49. The van der Waals surface area contributed by atoms with Crippen LogP contribution in [0.1, 0.15) is 58.5 Å². The molecular formula is C25H28N4O2. The Morgan fingerprint density at radius 1 is 1.16 bits per heavy atom. The molecular weight excluding hydrogens is 388 g/mol.